The highest BCUT2D eigenvalue weighted by Gasteiger charge is 2.03. The van der Waals surface area contributed by atoms with Crippen molar-refractivity contribution < 1.29 is 19.4 Å². The Morgan fingerprint density at radius 1 is 1.19 bits per heavy atom. The van der Waals surface area contributed by atoms with Gasteiger partial charge in [-0.1, -0.05) is 6.07 Å². The summed E-state index contributed by atoms with van der Waals surface area (Å²) in [7, 11) is 3.15. The molecule has 2 N–H and O–H groups in total. The number of carbonyl (C=O) groups is 1. The van der Waals surface area contributed by atoms with Gasteiger partial charge in [-0.2, -0.15) is 0 Å². The van der Waals surface area contributed by atoms with Gasteiger partial charge in [0.2, 0.25) is 5.91 Å². The zero-order valence-corrected chi connectivity index (χ0v) is 12.6. The van der Waals surface area contributed by atoms with E-state index in [0.29, 0.717) is 18.0 Å². The SMILES string of the molecule is COc1ccc(/C=C/C(=O)NCCCCCO)cc1OC. The number of methoxy groups -OCH3 is 2. The summed E-state index contributed by atoms with van der Waals surface area (Å²) in [5, 5.41) is 11.4. The lowest BCUT2D eigenvalue weighted by Gasteiger charge is -2.07. The minimum atomic E-state index is -0.131. The van der Waals surface area contributed by atoms with Crippen LogP contribution in [0.25, 0.3) is 6.08 Å². The predicted molar refractivity (Wildman–Crippen MR) is 82.5 cm³/mol. The van der Waals surface area contributed by atoms with Gasteiger partial charge in [0.15, 0.2) is 11.5 Å². The van der Waals surface area contributed by atoms with E-state index in [1.807, 2.05) is 12.1 Å². The fourth-order valence-corrected chi connectivity index (χ4v) is 1.81. The Morgan fingerprint density at radius 3 is 2.62 bits per heavy atom. The minimum Gasteiger partial charge on any atom is -0.493 e. The van der Waals surface area contributed by atoms with Crippen LogP contribution in [0.5, 0.6) is 11.5 Å². The Kier molecular flexibility index (Phi) is 7.97. The van der Waals surface area contributed by atoms with Gasteiger partial charge in [-0.25, -0.2) is 0 Å². The summed E-state index contributed by atoms with van der Waals surface area (Å²) < 4.78 is 10.4. The molecule has 5 nitrogen and oxygen atoms in total. The Hall–Kier alpha value is -2.01. The molecule has 1 aromatic carbocycles. The van der Waals surface area contributed by atoms with Crippen LogP contribution in [0.2, 0.25) is 0 Å². The number of nitrogens with one attached hydrogen (secondary N) is 1. The molecular formula is C16H23NO4. The number of hydrogen-bond acceptors (Lipinski definition) is 4. The summed E-state index contributed by atoms with van der Waals surface area (Å²) in [6.07, 6.45) is 5.78. The summed E-state index contributed by atoms with van der Waals surface area (Å²) >= 11 is 0. The molecule has 0 aliphatic heterocycles. The maximum atomic E-state index is 11.6. The molecule has 0 aromatic heterocycles. The Balaban J connectivity index is 2.46. The van der Waals surface area contributed by atoms with E-state index in [0.717, 1.165) is 24.8 Å². The van der Waals surface area contributed by atoms with Gasteiger partial charge in [-0.05, 0) is 43.0 Å². The van der Waals surface area contributed by atoms with Crippen molar-refractivity contribution in [2.45, 2.75) is 19.3 Å². The van der Waals surface area contributed by atoms with Gasteiger partial charge in [0.25, 0.3) is 0 Å². The Labute approximate surface area is 125 Å². The molecule has 1 rings (SSSR count). The Bertz CT molecular complexity index is 471. The van der Waals surface area contributed by atoms with Crippen molar-refractivity contribution in [3.63, 3.8) is 0 Å². The average molecular weight is 293 g/mol. The van der Waals surface area contributed by atoms with Gasteiger partial charge in [0.05, 0.1) is 14.2 Å². The van der Waals surface area contributed by atoms with Crippen LogP contribution >= 0.6 is 0 Å². The maximum Gasteiger partial charge on any atom is 0.243 e. The first kappa shape index (κ1) is 17.0. The second-order valence-electron chi connectivity index (χ2n) is 4.52. The van der Waals surface area contributed by atoms with Crippen LogP contribution < -0.4 is 14.8 Å². The highest BCUT2D eigenvalue weighted by atomic mass is 16.5. The molecule has 0 bridgehead atoms. The molecule has 0 saturated heterocycles. The first-order valence-electron chi connectivity index (χ1n) is 7.00. The topological polar surface area (TPSA) is 67.8 Å². The number of ether oxygens (including phenoxy) is 2. The molecule has 0 fully saturated rings. The van der Waals surface area contributed by atoms with Crippen molar-refractivity contribution in [3.05, 3.63) is 29.8 Å². The van der Waals surface area contributed by atoms with Gasteiger partial charge in [-0.3, -0.25) is 4.79 Å². The van der Waals surface area contributed by atoms with Crippen LogP contribution in [0.3, 0.4) is 0 Å². The van der Waals surface area contributed by atoms with Gasteiger partial charge in [0, 0.05) is 19.2 Å². The van der Waals surface area contributed by atoms with Crippen LogP contribution in [-0.2, 0) is 4.79 Å². The van der Waals surface area contributed by atoms with Crippen molar-refractivity contribution in [1.82, 2.24) is 5.32 Å². The molecule has 0 spiro atoms. The van der Waals surface area contributed by atoms with E-state index in [9.17, 15) is 4.79 Å². The maximum absolute atomic E-state index is 11.6. The highest BCUT2D eigenvalue weighted by molar-refractivity contribution is 5.91. The molecule has 0 radical (unpaired) electrons. The smallest absolute Gasteiger partial charge is 0.243 e. The standard InChI is InChI=1S/C16H23NO4/c1-20-14-8-6-13(12-15(14)21-2)7-9-16(19)17-10-4-3-5-11-18/h6-9,12,18H,3-5,10-11H2,1-2H3,(H,17,19)/b9-7+. The lowest BCUT2D eigenvalue weighted by Crippen LogP contribution is -2.22. The molecule has 116 valence electrons. The number of rotatable bonds is 9. The van der Waals surface area contributed by atoms with E-state index in [1.54, 1.807) is 26.4 Å². The average Bonchev–Trinajstić information content (AvgIpc) is 2.52. The molecule has 5 heteroatoms. The van der Waals surface area contributed by atoms with Gasteiger partial charge in [-0.15, -0.1) is 0 Å². The molecule has 0 atom stereocenters. The van der Waals surface area contributed by atoms with Crippen molar-refractivity contribution in [2.24, 2.45) is 0 Å². The lowest BCUT2D eigenvalue weighted by molar-refractivity contribution is -0.116. The number of aliphatic hydroxyl groups excluding tert-OH is 1. The normalized spacial score (nSPS) is 10.6. The minimum absolute atomic E-state index is 0.131. The first-order chi connectivity index (χ1) is 10.2. The number of carbonyl (C=O) groups excluding carboxylic acids is 1. The fourth-order valence-electron chi connectivity index (χ4n) is 1.81. The third-order valence-corrected chi connectivity index (χ3v) is 2.97. The van der Waals surface area contributed by atoms with Crippen LogP contribution in [0.15, 0.2) is 24.3 Å². The van der Waals surface area contributed by atoms with Crippen LogP contribution in [-0.4, -0.2) is 38.4 Å². The van der Waals surface area contributed by atoms with Crippen molar-refractivity contribution >= 4 is 12.0 Å². The monoisotopic (exact) mass is 293 g/mol. The van der Waals surface area contributed by atoms with Crippen LogP contribution in [0.4, 0.5) is 0 Å². The van der Waals surface area contributed by atoms with Gasteiger partial charge >= 0.3 is 0 Å². The first-order valence-corrected chi connectivity index (χ1v) is 7.00. The van der Waals surface area contributed by atoms with Crippen molar-refractivity contribution in [3.8, 4) is 11.5 Å². The molecule has 1 amide bonds. The third-order valence-electron chi connectivity index (χ3n) is 2.97. The number of unbranched alkanes of at least 4 members (excludes halogenated alkanes) is 2. The lowest BCUT2D eigenvalue weighted by atomic mass is 10.2. The van der Waals surface area contributed by atoms with Gasteiger partial charge in [0.1, 0.15) is 0 Å². The molecule has 21 heavy (non-hydrogen) atoms. The number of benzene rings is 1. The van der Waals surface area contributed by atoms with Crippen LogP contribution in [0, 0.1) is 0 Å². The molecular weight excluding hydrogens is 270 g/mol. The summed E-state index contributed by atoms with van der Waals surface area (Å²) in [5.41, 5.74) is 0.864. The summed E-state index contributed by atoms with van der Waals surface area (Å²) in [6, 6.07) is 5.46. The summed E-state index contributed by atoms with van der Waals surface area (Å²) in [5.74, 6) is 1.15. The van der Waals surface area contributed by atoms with E-state index < -0.39 is 0 Å². The number of hydrogen-bond donors (Lipinski definition) is 2. The molecule has 1 aromatic rings. The number of aliphatic hydroxyl groups is 1. The van der Waals surface area contributed by atoms with Gasteiger partial charge < -0.3 is 19.9 Å². The van der Waals surface area contributed by atoms with E-state index in [4.69, 9.17) is 14.6 Å². The number of amides is 1. The van der Waals surface area contributed by atoms with Crippen molar-refractivity contribution in [1.29, 1.82) is 0 Å². The zero-order valence-electron chi connectivity index (χ0n) is 12.6. The highest BCUT2D eigenvalue weighted by Crippen LogP contribution is 2.27. The summed E-state index contributed by atoms with van der Waals surface area (Å²) in [4.78, 5) is 11.6. The summed E-state index contributed by atoms with van der Waals surface area (Å²) in [6.45, 7) is 0.822. The van der Waals surface area contributed by atoms with E-state index in [-0.39, 0.29) is 12.5 Å². The molecule has 0 saturated carbocycles. The largest absolute Gasteiger partial charge is 0.493 e. The molecule has 0 aliphatic carbocycles. The molecule has 0 unspecified atom stereocenters. The second kappa shape index (κ2) is 9.83. The zero-order chi connectivity index (χ0) is 15.5. The quantitative estimate of drug-likeness (QED) is 0.540. The second-order valence-corrected chi connectivity index (χ2v) is 4.52. The van der Waals surface area contributed by atoms with Crippen molar-refractivity contribution in [2.75, 3.05) is 27.4 Å². The van der Waals surface area contributed by atoms with Crippen LogP contribution in [0.1, 0.15) is 24.8 Å². The van der Waals surface area contributed by atoms with E-state index >= 15 is 0 Å². The van der Waals surface area contributed by atoms with E-state index in [1.165, 1.54) is 6.08 Å². The molecule has 0 heterocycles. The van der Waals surface area contributed by atoms with E-state index in [2.05, 4.69) is 5.32 Å². The molecule has 0 aliphatic rings. The third kappa shape index (κ3) is 6.31. The fraction of sp³-hybridized carbons (Fsp3) is 0.438. The predicted octanol–water partition coefficient (Wildman–Crippen LogP) is 2.00. The Morgan fingerprint density at radius 2 is 1.95 bits per heavy atom.